The van der Waals surface area contributed by atoms with Crippen LogP contribution in [0.4, 0.5) is 0 Å². The standard InChI is InChI=1S/C15H18BrNO2/c1-10-3-4-11(9-14(10)16)15(19)17(2)12-5-7-13(18)8-6-12/h3-4,9,12H,5-8H2,1-2H3. The van der Waals surface area contributed by atoms with E-state index in [2.05, 4.69) is 15.9 Å². The number of aryl methyl sites for hydroxylation is 1. The van der Waals surface area contributed by atoms with Crippen molar-refractivity contribution in [2.45, 2.75) is 38.6 Å². The van der Waals surface area contributed by atoms with Gasteiger partial charge in [-0.15, -0.1) is 0 Å². The maximum atomic E-state index is 12.4. The van der Waals surface area contributed by atoms with E-state index in [0.29, 0.717) is 24.2 Å². The Kier molecular flexibility index (Phi) is 4.40. The highest BCUT2D eigenvalue weighted by Crippen LogP contribution is 2.23. The molecule has 0 atom stereocenters. The molecule has 0 unspecified atom stereocenters. The molecule has 102 valence electrons. The summed E-state index contributed by atoms with van der Waals surface area (Å²) in [6.07, 6.45) is 2.77. The number of rotatable bonds is 2. The Morgan fingerprint density at radius 1 is 1.32 bits per heavy atom. The summed E-state index contributed by atoms with van der Waals surface area (Å²) >= 11 is 3.45. The van der Waals surface area contributed by atoms with Crippen LogP contribution in [-0.4, -0.2) is 29.7 Å². The molecule has 2 rings (SSSR count). The molecular weight excluding hydrogens is 306 g/mol. The lowest BCUT2D eigenvalue weighted by atomic mass is 9.93. The molecule has 1 aliphatic carbocycles. The summed E-state index contributed by atoms with van der Waals surface area (Å²) in [6.45, 7) is 1.99. The third kappa shape index (κ3) is 3.24. The molecule has 4 heteroatoms. The second-order valence-electron chi connectivity index (χ2n) is 5.15. The van der Waals surface area contributed by atoms with Crippen LogP contribution in [0, 0.1) is 6.92 Å². The number of carbonyl (C=O) groups is 2. The molecule has 19 heavy (non-hydrogen) atoms. The van der Waals surface area contributed by atoms with Gasteiger partial charge in [0, 0.05) is 36.0 Å². The lowest BCUT2D eigenvalue weighted by Gasteiger charge is -2.30. The zero-order valence-corrected chi connectivity index (χ0v) is 12.9. The van der Waals surface area contributed by atoms with Gasteiger partial charge in [-0.05, 0) is 37.5 Å². The topological polar surface area (TPSA) is 37.4 Å². The molecule has 3 nitrogen and oxygen atoms in total. The van der Waals surface area contributed by atoms with Gasteiger partial charge in [-0.1, -0.05) is 22.0 Å². The van der Waals surface area contributed by atoms with Gasteiger partial charge in [-0.25, -0.2) is 0 Å². The van der Waals surface area contributed by atoms with Gasteiger partial charge in [-0.2, -0.15) is 0 Å². The molecule has 1 aromatic rings. The van der Waals surface area contributed by atoms with Crippen LogP contribution >= 0.6 is 15.9 Å². The van der Waals surface area contributed by atoms with Crippen molar-refractivity contribution in [2.75, 3.05) is 7.05 Å². The molecule has 0 spiro atoms. The predicted octanol–water partition coefficient (Wildman–Crippen LogP) is 3.34. The van der Waals surface area contributed by atoms with Crippen LogP contribution in [0.2, 0.25) is 0 Å². The summed E-state index contributed by atoms with van der Waals surface area (Å²) in [5.41, 5.74) is 1.80. The zero-order valence-electron chi connectivity index (χ0n) is 11.3. The summed E-state index contributed by atoms with van der Waals surface area (Å²) in [5.74, 6) is 0.343. The number of hydrogen-bond donors (Lipinski definition) is 0. The number of hydrogen-bond acceptors (Lipinski definition) is 2. The van der Waals surface area contributed by atoms with E-state index in [1.165, 1.54) is 0 Å². The van der Waals surface area contributed by atoms with E-state index in [9.17, 15) is 9.59 Å². The zero-order chi connectivity index (χ0) is 14.0. The van der Waals surface area contributed by atoms with E-state index >= 15 is 0 Å². The Morgan fingerprint density at radius 3 is 2.53 bits per heavy atom. The van der Waals surface area contributed by atoms with Crippen molar-refractivity contribution < 1.29 is 9.59 Å². The maximum Gasteiger partial charge on any atom is 0.253 e. The first-order valence-corrected chi connectivity index (χ1v) is 7.33. The normalized spacial score (nSPS) is 16.5. The number of carbonyl (C=O) groups excluding carboxylic acids is 2. The highest BCUT2D eigenvalue weighted by Gasteiger charge is 2.25. The van der Waals surface area contributed by atoms with Crippen LogP contribution in [0.3, 0.4) is 0 Å². The third-order valence-corrected chi connectivity index (χ3v) is 4.65. The van der Waals surface area contributed by atoms with E-state index in [1.807, 2.05) is 32.2 Å². The molecule has 0 bridgehead atoms. The van der Waals surface area contributed by atoms with E-state index < -0.39 is 0 Å². The Bertz CT molecular complexity index is 503. The molecule has 1 fully saturated rings. The fourth-order valence-electron chi connectivity index (χ4n) is 2.41. The van der Waals surface area contributed by atoms with Crippen LogP contribution in [-0.2, 0) is 4.79 Å². The summed E-state index contributed by atoms with van der Waals surface area (Å²) in [7, 11) is 1.83. The minimum absolute atomic E-state index is 0.0278. The summed E-state index contributed by atoms with van der Waals surface area (Å²) in [5, 5.41) is 0. The SMILES string of the molecule is Cc1ccc(C(=O)N(C)C2CCC(=O)CC2)cc1Br. The van der Waals surface area contributed by atoms with Crippen molar-refractivity contribution in [3.05, 3.63) is 33.8 Å². The van der Waals surface area contributed by atoms with E-state index in [1.54, 1.807) is 4.90 Å². The number of Topliss-reactive ketones (excluding diaryl/α,β-unsaturated/α-hetero) is 1. The molecule has 0 N–H and O–H groups in total. The smallest absolute Gasteiger partial charge is 0.253 e. The third-order valence-electron chi connectivity index (χ3n) is 3.80. The molecule has 0 saturated heterocycles. The molecule has 0 radical (unpaired) electrons. The van der Waals surface area contributed by atoms with Crippen molar-refractivity contribution >= 4 is 27.6 Å². The molecule has 0 heterocycles. The summed E-state index contributed by atoms with van der Waals surface area (Å²) in [4.78, 5) is 25.4. The van der Waals surface area contributed by atoms with Gasteiger partial charge >= 0.3 is 0 Å². The van der Waals surface area contributed by atoms with Gasteiger partial charge in [0.15, 0.2) is 0 Å². The highest BCUT2D eigenvalue weighted by atomic mass is 79.9. The second-order valence-corrected chi connectivity index (χ2v) is 6.00. The Hall–Kier alpha value is -1.16. The quantitative estimate of drug-likeness (QED) is 0.837. The first-order chi connectivity index (χ1) is 8.99. The molecule has 0 aromatic heterocycles. The summed E-state index contributed by atoms with van der Waals surface area (Å²) in [6, 6.07) is 5.84. The Labute approximate surface area is 122 Å². The number of halogens is 1. The Balaban J connectivity index is 2.10. The number of ketones is 1. The Morgan fingerprint density at radius 2 is 1.95 bits per heavy atom. The molecule has 0 aliphatic heterocycles. The largest absolute Gasteiger partial charge is 0.339 e. The molecule has 1 aromatic carbocycles. The van der Waals surface area contributed by atoms with E-state index in [0.717, 1.165) is 22.9 Å². The predicted molar refractivity (Wildman–Crippen MR) is 78.2 cm³/mol. The van der Waals surface area contributed by atoms with Gasteiger partial charge in [0.1, 0.15) is 5.78 Å². The van der Waals surface area contributed by atoms with Crippen molar-refractivity contribution in [2.24, 2.45) is 0 Å². The van der Waals surface area contributed by atoms with Gasteiger partial charge < -0.3 is 4.90 Å². The minimum atomic E-state index is 0.0278. The lowest BCUT2D eigenvalue weighted by Crippen LogP contribution is -2.39. The van der Waals surface area contributed by atoms with Gasteiger partial charge in [0.05, 0.1) is 0 Å². The molecular formula is C15H18BrNO2. The lowest BCUT2D eigenvalue weighted by molar-refractivity contribution is -0.121. The van der Waals surface area contributed by atoms with Gasteiger partial charge in [0.2, 0.25) is 0 Å². The first-order valence-electron chi connectivity index (χ1n) is 6.54. The summed E-state index contributed by atoms with van der Waals surface area (Å²) < 4.78 is 0.950. The molecule has 1 saturated carbocycles. The fourth-order valence-corrected chi connectivity index (χ4v) is 2.79. The van der Waals surface area contributed by atoms with Crippen molar-refractivity contribution in [1.29, 1.82) is 0 Å². The molecule has 1 aliphatic rings. The molecule has 1 amide bonds. The maximum absolute atomic E-state index is 12.4. The van der Waals surface area contributed by atoms with E-state index in [-0.39, 0.29) is 11.9 Å². The number of nitrogens with zero attached hydrogens (tertiary/aromatic N) is 1. The van der Waals surface area contributed by atoms with Gasteiger partial charge in [0.25, 0.3) is 5.91 Å². The van der Waals surface area contributed by atoms with Crippen molar-refractivity contribution in [1.82, 2.24) is 4.90 Å². The number of benzene rings is 1. The highest BCUT2D eigenvalue weighted by molar-refractivity contribution is 9.10. The van der Waals surface area contributed by atoms with Crippen molar-refractivity contribution in [3.63, 3.8) is 0 Å². The van der Waals surface area contributed by atoms with Crippen LogP contribution in [0.25, 0.3) is 0 Å². The average molecular weight is 324 g/mol. The van der Waals surface area contributed by atoms with Crippen molar-refractivity contribution in [3.8, 4) is 0 Å². The fraction of sp³-hybridized carbons (Fsp3) is 0.467. The first kappa shape index (κ1) is 14.3. The minimum Gasteiger partial charge on any atom is -0.339 e. The monoisotopic (exact) mass is 323 g/mol. The second kappa shape index (κ2) is 5.87. The average Bonchev–Trinajstić information content (AvgIpc) is 2.41. The van der Waals surface area contributed by atoms with E-state index in [4.69, 9.17) is 0 Å². The van der Waals surface area contributed by atoms with Crippen LogP contribution in [0.1, 0.15) is 41.6 Å². The number of amides is 1. The van der Waals surface area contributed by atoms with Crippen LogP contribution in [0.5, 0.6) is 0 Å². The van der Waals surface area contributed by atoms with Crippen LogP contribution < -0.4 is 0 Å². The van der Waals surface area contributed by atoms with Crippen LogP contribution in [0.15, 0.2) is 22.7 Å². The van der Waals surface area contributed by atoms with Gasteiger partial charge in [-0.3, -0.25) is 9.59 Å².